The second-order valence-corrected chi connectivity index (χ2v) is 4.90. The molecule has 0 atom stereocenters. The minimum absolute atomic E-state index is 0.246. The molecule has 5 nitrogen and oxygen atoms in total. The summed E-state index contributed by atoms with van der Waals surface area (Å²) in [7, 11) is 0. The molecule has 0 radical (unpaired) electrons. The highest BCUT2D eigenvalue weighted by Crippen LogP contribution is 2.06. The van der Waals surface area contributed by atoms with Crippen molar-refractivity contribution in [3.8, 4) is 0 Å². The van der Waals surface area contributed by atoms with E-state index >= 15 is 0 Å². The van der Waals surface area contributed by atoms with E-state index in [0.29, 0.717) is 19.3 Å². The molecule has 0 saturated carbocycles. The predicted octanol–water partition coefficient (Wildman–Crippen LogP) is 3.30. The van der Waals surface area contributed by atoms with Crippen LogP contribution in [-0.2, 0) is 19.1 Å². The van der Waals surface area contributed by atoms with Crippen LogP contribution in [0.5, 0.6) is 0 Å². The molecule has 0 aliphatic rings. The maximum absolute atomic E-state index is 12.5. The summed E-state index contributed by atoms with van der Waals surface area (Å²) in [6.07, 6.45) is 1.87. The van der Waals surface area contributed by atoms with Crippen molar-refractivity contribution in [1.29, 1.82) is 0 Å². The minimum Gasteiger partial charge on any atom is -0.460 e. The Balaban J connectivity index is 0.000000470. The fourth-order valence-corrected chi connectivity index (χ4v) is 1.64. The van der Waals surface area contributed by atoms with E-state index in [1.807, 2.05) is 13.8 Å². The summed E-state index contributed by atoms with van der Waals surface area (Å²) in [5, 5.41) is 0. The fourth-order valence-electron chi connectivity index (χ4n) is 1.64. The quantitative estimate of drug-likeness (QED) is 0.413. The number of rotatable bonds is 8. The van der Waals surface area contributed by atoms with Crippen LogP contribution >= 0.6 is 0 Å². The first-order chi connectivity index (χ1) is 11.4. The van der Waals surface area contributed by atoms with Gasteiger partial charge in [-0.15, -0.1) is 0 Å². The van der Waals surface area contributed by atoms with E-state index in [4.69, 9.17) is 0 Å². The van der Waals surface area contributed by atoms with Crippen LogP contribution < -0.4 is 0 Å². The zero-order valence-electron chi connectivity index (χ0n) is 14.3. The molecule has 24 heavy (non-hydrogen) atoms. The molecule has 0 saturated heterocycles. The van der Waals surface area contributed by atoms with Crippen LogP contribution in [0.15, 0.2) is 24.3 Å². The molecule has 0 spiro atoms. The first kappa shape index (κ1) is 21.6. The number of carbonyl (C=O) groups is 4. The number of ether oxygens (including phenoxy) is 1. The third kappa shape index (κ3) is 8.31. The number of carbonyl (C=O) groups excluding carboxylic acids is 4. The molecule has 0 bridgehead atoms. The van der Waals surface area contributed by atoms with Gasteiger partial charge in [-0.2, -0.15) is 0 Å². The second-order valence-electron chi connectivity index (χ2n) is 4.90. The van der Waals surface area contributed by atoms with Crippen molar-refractivity contribution in [2.45, 2.75) is 46.5 Å². The molecule has 6 heteroatoms. The van der Waals surface area contributed by atoms with Gasteiger partial charge >= 0.3 is 5.97 Å². The molecule has 1 aromatic rings. The van der Waals surface area contributed by atoms with Crippen molar-refractivity contribution in [2.24, 2.45) is 0 Å². The average Bonchev–Trinajstić information content (AvgIpc) is 2.56. The first-order valence-corrected chi connectivity index (χ1v) is 7.90. The Morgan fingerprint density at radius 1 is 0.875 bits per heavy atom. The van der Waals surface area contributed by atoms with Gasteiger partial charge in [-0.1, -0.05) is 13.8 Å². The van der Waals surface area contributed by atoms with Crippen LogP contribution in [0.1, 0.15) is 56.8 Å². The summed E-state index contributed by atoms with van der Waals surface area (Å²) in [6.45, 7) is 5.62. The largest absolute Gasteiger partial charge is 0.460 e. The van der Waals surface area contributed by atoms with Crippen molar-refractivity contribution in [1.82, 2.24) is 0 Å². The summed E-state index contributed by atoms with van der Waals surface area (Å²) in [6, 6.07) is 5.00. The Morgan fingerprint density at radius 2 is 1.38 bits per heavy atom. The van der Waals surface area contributed by atoms with Crippen LogP contribution in [0.2, 0.25) is 0 Å². The van der Waals surface area contributed by atoms with E-state index in [2.05, 4.69) is 4.74 Å². The number of hydrogen-bond acceptors (Lipinski definition) is 5. The number of benzene rings is 1. The zero-order valence-corrected chi connectivity index (χ0v) is 14.3. The number of ketones is 3. The molecule has 0 fully saturated rings. The van der Waals surface area contributed by atoms with Gasteiger partial charge in [-0.25, -0.2) is 9.18 Å². The highest BCUT2D eigenvalue weighted by molar-refractivity contribution is 6.43. The lowest BCUT2D eigenvalue weighted by atomic mass is 10.0. The molecular weight excluding hydrogens is 315 g/mol. The van der Waals surface area contributed by atoms with E-state index in [0.717, 1.165) is 0 Å². The number of esters is 1. The monoisotopic (exact) mass is 338 g/mol. The average molecular weight is 338 g/mol. The highest BCUT2D eigenvalue weighted by Gasteiger charge is 2.14. The molecule has 0 amide bonds. The third-order valence-electron chi connectivity index (χ3n) is 2.82. The van der Waals surface area contributed by atoms with Gasteiger partial charge in [0.2, 0.25) is 17.3 Å². The Hall–Kier alpha value is -2.37. The van der Waals surface area contributed by atoms with Crippen LogP contribution in [-0.4, -0.2) is 29.9 Å². The maximum Gasteiger partial charge on any atom is 0.374 e. The van der Waals surface area contributed by atoms with Gasteiger partial charge in [0.1, 0.15) is 5.82 Å². The molecule has 0 aromatic heterocycles. The lowest BCUT2D eigenvalue weighted by molar-refractivity contribution is -0.153. The highest BCUT2D eigenvalue weighted by atomic mass is 19.1. The van der Waals surface area contributed by atoms with E-state index in [1.54, 1.807) is 6.92 Å². The Morgan fingerprint density at radius 3 is 1.83 bits per heavy atom. The first-order valence-electron chi connectivity index (χ1n) is 7.90. The van der Waals surface area contributed by atoms with Crippen molar-refractivity contribution in [2.75, 3.05) is 6.61 Å². The van der Waals surface area contributed by atoms with Gasteiger partial charge in [-0.05, 0) is 44.0 Å². The number of halogens is 1. The molecule has 132 valence electrons. The summed E-state index contributed by atoms with van der Waals surface area (Å²) in [5.74, 6) is -2.50. The van der Waals surface area contributed by atoms with Gasteiger partial charge in [0.05, 0.1) is 6.61 Å². The van der Waals surface area contributed by atoms with Crippen LogP contribution in [0.25, 0.3) is 0 Å². The molecule has 1 aromatic carbocycles. The number of Topliss-reactive ketones (excluding diaryl/α,β-unsaturated/α-hetero) is 3. The maximum atomic E-state index is 12.5. The fraction of sp³-hybridized carbons (Fsp3) is 0.444. The van der Waals surface area contributed by atoms with Gasteiger partial charge in [0, 0.05) is 18.4 Å². The van der Waals surface area contributed by atoms with Gasteiger partial charge in [-0.3, -0.25) is 14.4 Å². The van der Waals surface area contributed by atoms with Crippen molar-refractivity contribution in [3.63, 3.8) is 0 Å². The molecular formula is C18H23FO5. The normalized spacial score (nSPS) is 9.50. The Bertz CT molecular complexity index is 547. The van der Waals surface area contributed by atoms with Crippen molar-refractivity contribution in [3.05, 3.63) is 35.6 Å². The molecule has 0 aliphatic heterocycles. The topological polar surface area (TPSA) is 77.5 Å². The lowest BCUT2D eigenvalue weighted by Crippen LogP contribution is -2.16. The van der Waals surface area contributed by atoms with E-state index in [-0.39, 0.29) is 18.6 Å². The van der Waals surface area contributed by atoms with Gasteiger partial charge in [0.15, 0.2) is 0 Å². The lowest BCUT2D eigenvalue weighted by Gasteiger charge is -1.98. The van der Waals surface area contributed by atoms with E-state index in [9.17, 15) is 23.6 Å². The van der Waals surface area contributed by atoms with E-state index < -0.39 is 29.1 Å². The Kier molecular flexibility index (Phi) is 10.9. The van der Waals surface area contributed by atoms with Crippen LogP contribution in [0.3, 0.4) is 0 Å². The Labute approximate surface area is 141 Å². The minimum atomic E-state index is -0.704. The molecule has 0 N–H and O–H groups in total. The van der Waals surface area contributed by atoms with Crippen LogP contribution in [0, 0.1) is 5.82 Å². The molecule has 1 rings (SSSR count). The van der Waals surface area contributed by atoms with Crippen molar-refractivity contribution >= 4 is 23.3 Å². The summed E-state index contributed by atoms with van der Waals surface area (Å²) in [4.78, 5) is 43.8. The summed E-state index contributed by atoms with van der Waals surface area (Å²) in [5.41, 5.74) is 0.254. The smallest absolute Gasteiger partial charge is 0.374 e. The van der Waals surface area contributed by atoms with Gasteiger partial charge in [0.25, 0.3) is 0 Å². The van der Waals surface area contributed by atoms with E-state index in [1.165, 1.54) is 24.3 Å². The molecule has 0 unspecified atom stereocenters. The predicted molar refractivity (Wildman–Crippen MR) is 87.2 cm³/mol. The standard InChI is InChI=1S/C11H11FO2.C7H12O3/c1-2-3-10(13)11(14)8-4-6-9(12)7-5-8;1-3-5-6(8)7(9)10-4-2/h4-7H,2-3H2,1H3;3-5H2,1-2H3. The third-order valence-corrected chi connectivity index (χ3v) is 2.82. The second kappa shape index (κ2) is 12.1. The van der Waals surface area contributed by atoms with Crippen molar-refractivity contribution < 1.29 is 28.3 Å². The van der Waals surface area contributed by atoms with Gasteiger partial charge < -0.3 is 4.74 Å². The molecule has 0 heterocycles. The summed E-state index contributed by atoms with van der Waals surface area (Å²) >= 11 is 0. The SMILES string of the molecule is CCCC(=O)C(=O)OCC.CCCC(=O)C(=O)c1ccc(F)cc1. The number of hydrogen-bond donors (Lipinski definition) is 0. The summed E-state index contributed by atoms with van der Waals surface area (Å²) < 4.78 is 17.0. The van der Waals surface area contributed by atoms with Crippen LogP contribution in [0.4, 0.5) is 4.39 Å². The zero-order chi connectivity index (χ0) is 18.5. The molecule has 0 aliphatic carbocycles.